The molecule has 0 bridgehead atoms. The summed E-state index contributed by atoms with van der Waals surface area (Å²) < 4.78 is 10.2. The highest BCUT2D eigenvalue weighted by molar-refractivity contribution is 5.88. The second kappa shape index (κ2) is 11.2. The largest absolute Gasteiger partial charge is 0.423 e. The summed E-state index contributed by atoms with van der Waals surface area (Å²) in [5.41, 5.74) is 4.73. The average Bonchev–Trinajstić information content (AvgIpc) is 2.83. The van der Waals surface area contributed by atoms with Gasteiger partial charge in [0.25, 0.3) is 0 Å². The molecule has 0 radical (unpaired) electrons. The molecule has 0 fully saturated rings. The van der Waals surface area contributed by atoms with Gasteiger partial charge in [0.05, 0.1) is 0 Å². The summed E-state index contributed by atoms with van der Waals surface area (Å²) in [7, 11) is 0. The number of ether oxygens (including phenoxy) is 2. The molecule has 0 unspecified atom stereocenters. The Morgan fingerprint density at radius 1 is 0.765 bits per heavy atom. The molecule has 0 aromatic heterocycles. The molecule has 34 heavy (non-hydrogen) atoms. The lowest BCUT2D eigenvalue weighted by atomic mass is 10.0. The van der Waals surface area contributed by atoms with Crippen LogP contribution in [-0.2, 0) is 9.59 Å². The summed E-state index contributed by atoms with van der Waals surface area (Å²) in [6.07, 6.45) is 1.12. The second-order valence-electron chi connectivity index (χ2n) is 7.37. The first-order chi connectivity index (χ1) is 16.3. The average molecular weight is 447 g/mol. The van der Waals surface area contributed by atoms with Crippen LogP contribution in [0.4, 0.5) is 0 Å². The maximum absolute atomic E-state index is 11.6. The van der Waals surface area contributed by atoms with E-state index >= 15 is 0 Å². The van der Waals surface area contributed by atoms with E-state index in [1.807, 2.05) is 25.1 Å². The molecule has 3 rings (SSSR count). The molecule has 0 aliphatic heterocycles. The number of aryl methyl sites for hydroxylation is 1. The van der Waals surface area contributed by atoms with E-state index in [1.165, 1.54) is 0 Å². The Balaban J connectivity index is 1.67. The number of carbonyl (C=O) groups excluding carboxylic acids is 2. The molecule has 0 amide bonds. The molecule has 0 saturated heterocycles. The van der Waals surface area contributed by atoms with Gasteiger partial charge in [-0.15, -0.1) is 0 Å². The first-order valence-corrected chi connectivity index (χ1v) is 10.4. The minimum Gasteiger partial charge on any atom is -0.423 e. The fourth-order valence-corrected chi connectivity index (χ4v) is 2.73. The van der Waals surface area contributed by atoms with Crippen LogP contribution in [0.15, 0.2) is 91.5 Å². The van der Waals surface area contributed by atoms with E-state index < -0.39 is 11.9 Å². The van der Waals surface area contributed by atoms with Crippen molar-refractivity contribution >= 4 is 11.9 Å². The van der Waals surface area contributed by atoms with Gasteiger partial charge in [-0.3, -0.25) is 0 Å². The van der Waals surface area contributed by atoms with Gasteiger partial charge >= 0.3 is 11.9 Å². The molecule has 166 valence electrons. The fourth-order valence-electron chi connectivity index (χ4n) is 2.73. The lowest BCUT2D eigenvalue weighted by Crippen LogP contribution is -2.07. The maximum atomic E-state index is 11.6. The fraction of sp³-hybridized carbons (Fsp3) is 0.0667. The Labute approximate surface area is 199 Å². The van der Waals surface area contributed by atoms with Gasteiger partial charge in [0.1, 0.15) is 11.5 Å². The van der Waals surface area contributed by atoms with E-state index in [0.29, 0.717) is 17.1 Å². The van der Waals surface area contributed by atoms with Crippen LogP contribution < -0.4 is 9.47 Å². The van der Waals surface area contributed by atoms with Crippen molar-refractivity contribution in [3.8, 4) is 35.2 Å². The van der Waals surface area contributed by atoms with E-state index in [9.17, 15) is 9.59 Å². The van der Waals surface area contributed by atoms with Crippen LogP contribution in [0, 0.1) is 30.6 Å². The molecule has 0 aliphatic carbocycles. The van der Waals surface area contributed by atoms with Gasteiger partial charge in [-0.05, 0) is 86.1 Å². The summed E-state index contributed by atoms with van der Waals surface area (Å²) >= 11 is 0. The topological polar surface area (TPSA) is 52.6 Å². The van der Waals surface area contributed by atoms with Gasteiger partial charge < -0.3 is 9.47 Å². The normalized spacial score (nSPS) is 9.47. The molecule has 0 aliphatic rings. The van der Waals surface area contributed by atoms with Gasteiger partial charge in [0.2, 0.25) is 0 Å². The van der Waals surface area contributed by atoms with Crippen LogP contribution >= 0.6 is 0 Å². The Kier molecular flexibility index (Phi) is 7.84. The van der Waals surface area contributed by atoms with Crippen molar-refractivity contribution in [3.63, 3.8) is 0 Å². The van der Waals surface area contributed by atoms with Gasteiger partial charge in [0.15, 0.2) is 0 Å². The maximum Gasteiger partial charge on any atom is 0.338 e. The minimum atomic E-state index is -0.501. The van der Waals surface area contributed by atoms with Crippen molar-refractivity contribution in [3.05, 3.63) is 119 Å². The molecular weight excluding hydrogens is 424 g/mol. The Morgan fingerprint density at radius 2 is 1.26 bits per heavy atom. The predicted molar refractivity (Wildman–Crippen MR) is 132 cm³/mol. The lowest BCUT2D eigenvalue weighted by Gasteiger charge is -2.03. The van der Waals surface area contributed by atoms with E-state index in [-0.39, 0.29) is 0 Å². The number of benzene rings is 3. The van der Waals surface area contributed by atoms with Crippen LogP contribution in [0.25, 0.3) is 0 Å². The zero-order chi connectivity index (χ0) is 24.5. The van der Waals surface area contributed by atoms with E-state index in [2.05, 4.69) is 36.8 Å². The first kappa shape index (κ1) is 23.9. The first-order valence-electron chi connectivity index (χ1n) is 10.4. The molecule has 0 spiro atoms. The van der Waals surface area contributed by atoms with E-state index in [4.69, 9.17) is 9.47 Å². The number of carbonyl (C=O) groups is 2. The predicted octanol–water partition coefficient (Wildman–Crippen LogP) is 5.37. The summed E-state index contributed by atoms with van der Waals surface area (Å²) in [6, 6.07) is 19.8. The molecule has 3 aromatic rings. The summed E-state index contributed by atoms with van der Waals surface area (Å²) in [5.74, 6) is 12.5. The van der Waals surface area contributed by atoms with Gasteiger partial charge in [-0.25, -0.2) is 9.59 Å². The number of hydrogen-bond acceptors (Lipinski definition) is 4. The molecular formula is C30H22O4. The lowest BCUT2D eigenvalue weighted by molar-refractivity contribution is -0.130. The summed E-state index contributed by atoms with van der Waals surface area (Å²) in [5, 5.41) is 0. The Morgan fingerprint density at radius 3 is 1.79 bits per heavy atom. The minimum absolute atomic E-state index is 0.344. The second-order valence-corrected chi connectivity index (χ2v) is 7.37. The third-order valence-electron chi connectivity index (χ3n) is 4.57. The zero-order valence-corrected chi connectivity index (χ0v) is 19.0. The number of esters is 2. The Bertz CT molecular complexity index is 1370. The van der Waals surface area contributed by atoms with Gasteiger partial charge in [-0.1, -0.05) is 36.8 Å². The van der Waals surface area contributed by atoms with Crippen LogP contribution in [0.1, 0.15) is 34.7 Å². The zero-order valence-electron chi connectivity index (χ0n) is 19.0. The molecule has 0 saturated carbocycles. The smallest absolute Gasteiger partial charge is 0.338 e. The SMILES string of the molecule is C=CC(=O)Oc1ccc(C#Cc2ccc(C#Cc3ccc(OC(=O)C(=C)C)cc3)cc2C)cc1. The highest BCUT2D eigenvalue weighted by Gasteiger charge is 2.04. The third kappa shape index (κ3) is 6.85. The standard InChI is InChI=1S/C30H22O4/c1-5-29(31)33-27-16-10-24(11-17-27)8-14-26-15-9-25(20-22(26)4)7-6-23-12-18-28(19-13-23)34-30(32)21(2)3/h5,9-13,15-20H,1-2H2,3-4H3. The quantitative estimate of drug-likeness (QED) is 0.234. The molecule has 4 heteroatoms. The van der Waals surface area contributed by atoms with Crippen molar-refractivity contribution in [2.24, 2.45) is 0 Å². The van der Waals surface area contributed by atoms with Crippen molar-refractivity contribution in [2.45, 2.75) is 13.8 Å². The third-order valence-corrected chi connectivity index (χ3v) is 4.57. The van der Waals surface area contributed by atoms with Crippen LogP contribution in [0.2, 0.25) is 0 Å². The molecule has 0 N–H and O–H groups in total. The highest BCUT2D eigenvalue weighted by atomic mass is 16.5. The monoisotopic (exact) mass is 446 g/mol. The molecule has 4 nitrogen and oxygen atoms in total. The van der Waals surface area contributed by atoms with E-state index in [0.717, 1.165) is 33.9 Å². The van der Waals surface area contributed by atoms with Crippen LogP contribution in [0.5, 0.6) is 11.5 Å². The number of hydrogen-bond donors (Lipinski definition) is 0. The molecule has 0 heterocycles. The Hall–Kier alpha value is -4.80. The summed E-state index contributed by atoms with van der Waals surface area (Å²) in [6.45, 7) is 10.5. The molecule has 3 aromatic carbocycles. The highest BCUT2D eigenvalue weighted by Crippen LogP contribution is 2.15. The van der Waals surface area contributed by atoms with Crippen molar-refractivity contribution in [1.29, 1.82) is 0 Å². The van der Waals surface area contributed by atoms with E-state index in [1.54, 1.807) is 55.5 Å². The molecule has 0 atom stereocenters. The van der Waals surface area contributed by atoms with Crippen LogP contribution in [-0.4, -0.2) is 11.9 Å². The number of rotatable bonds is 4. The van der Waals surface area contributed by atoms with Crippen molar-refractivity contribution < 1.29 is 19.1 Å². The van der Waals surface area contributed by atoms with Gasteiger partial charge in [0, 0.05) is 33.9 Å². The van der Waals surface area contributed by atoms with Gasteiger partial charge in [-0.2, -0.15) is 0 Å². The van der Waals surface area contributed by atoms with Crippen molar-refractivity contribution in [1.82, 2.24) is 0 Å². The summed E-state index contributed by atoms with van der Waals surface area (Å²) in [4.78, 5) is 22.8. The van der Waals surface area contributed by atoms with Crippen LogP contribution in [0.3, 0.4) is 0 Å². The van der Waals surface area contributed by atoms with Crippen molar-refractivity contribution in [2.75, 3.05) is 0 Å².